The molecule has 1 amide bonds. The van der Waals surface area contributed by atoms with Crippen molar-refractivity contribution in [2.75, 3.05) is 5.32 Å². The molecule has 0 fully saturated rings. The van der Waals surface area contributed by atoms with E-state index in [1.807, 2.05) is 6.92 Å². The highest BCUT2D eigenvalue weighted by atomic mass is 32.2. The monoisotopic (exact) mass is 332 g/mol. The van der Waals surface area contributed by atoms with Gasteiger partial charge in [-0.3, -0.25) is 5.32 Å². The van der Waals surface area contributed by atoms with Crippen molar-refractivity contribution in [1.82, 2.24) is 13.9 Å². The topological polar surface area (TPSA) is 114 Å². The Hall–Kier alpha value is -2.94. The highest BCUT2D eigenvalue weighted by Gasteiger charge is 2.20. The lowest BCUT2D eigenvalue weighted by Gasteiger charge is -2.07. The molecule has 8 nitrogen and oxygen atoms in total. The second-order valence-corrected chi connectivity index (χ2v) is 6.64. The van der Waals surface area contributed by atoms with E-state index in [2.05, 4.69) is 15.3 Å². The largest absolute Gasteiger partial charge is 0.465 e. The van der Waals surface area contributed by atoms with E-state index in [9.17, 15) is 13.2 Å². The van der Waals surface area contributed by atoms with Crippen LogP contribution in [0.15, 0.2) is 47.6 Å². The molecule has 0 spiro atoms. The van der Waals surface area contributed by atoms with Crippen LogP contribution in [0.25, 0.3) is 11.2 Å². The molecule has 9 heteroatoms. The Balaban J connectivity index is 2.09. The lowest BCUT2D eigenvalue weighted by molar-refractivity contribution is 0.209. The van der Waals surface area contributed by atoms with Crippen LogP contribution in [-0.4, -0.2) is 33.6 Å². The number of benzene rings is 1. The number of nitrogens with one attached hydrogen (secondary N) is 1. The summed E-state index contributed by atoms with van der Waals surface area (Å²) < 4.78 is 26.4. The zero-order valence-corrected chi connectivity index (χ0v) is 12.8. The fourth-order valence-corrected chi connectivity index (χ4v) is 3.37. The van der Waals surface area contributed by atoms with Crippen molar-refractivity contribution in [3.05, 3.63) is 48.3 Å². The van der Waals surface area contributed by atoms with Gasteiger partial charge in [0.25, 0.3) is 10.0 Å². The van der Waals surface area contributed by atoms with Crippen LogP contribution in [0.3, 0.4) is 0 Å². The Kier molecular flexibility index (Phi) is 3.49. The van der Waals surface area contributed by atoms with Crippen molar-refractivity contribution in [2.45, 2.75) is 11.8 Å². The van der Waals surface area contributed by atoms with E-state index in [4.69, 9.17) is 5.11 Å². The summed E-state index contributed by atoms with van der Waals surface area (Å²) in [6.07, 6.45) is 1.23. The molecule has 0 aliphatic heterocycles. The van der Waals surface area contributed by atoms with Crippen LogP contribution in [-0.2, 0) is 10.0 Å². The van der Waals surface area contributed by atoms with Gasteiger partial charge in [0.1, 0.15) is 5.52 Å². The van der Waals surface area contributed by atoms with Crippen molar-refractivity contribution < 1.29 is 18.3 Å². The van der Waals surface area contributed by atoms with Crippen LogP contribution in [0.2, 0.25) is 0 Å². The maximum atomic E-state index is 12.7. The molecule has 3 aromatic rings. The molecular weight excluding hydrogens is 320 g/mol. The first kappa shape index (κ1) is 15.0. The second kappa shape index (κ2) is 5.36. The summed E-state index contributed by atoms with van der Waals surface area (Å²) in [6.45, 7) is 1.86. The van der Waals surface area contributed by atoms with Crippen molar-refractivity contribution in [3.8, 4) is 0 Å². The first-order valence-electron chi connectivity index (χ1n) is 6.54. The minimum Gasteiger partial charge on any atom is -0.465 e. The molecule has 0 atom stereocenters. The Morgan fingerprint density at radius 2 is 1.91 bits per heavy atom. The standard InChI is InChI=1S/C14H12N4O4S/c1-9-2-4-10(5-3-9)23(21,22)18-7-6-11-13(18)15-8-12(16-11)17-14(19)20/h2-8H,1H3,(H,16,17)(H,19,20). The molecular formula is C14H12N4O4S. The van der Waals surface area contributed by atoms with Crippen molar-refractivity contribution in [2.24, 2.45) is 0 Å². The first-order valence-corrected chi connectivity index (χ1v) is 7.98. The van der Waals surface area contributed by atoms with Gasteiger partial charge in [0.2, 0.25) is 0 Å². The Labute approximate surface area is 131 Å². The molecule has 23 heavy (non-hydrogen) atoms. The Morgan fingerprint density at radius 3 is 2.57 bits per heavy atom. The maximum Gasteiger partial charge on any atom is 0.410 e. The third-order valence-corrected chi connectivity index (χ3v) is 4.85. The van der Waals surface area contributed by atoms with Crippen molar-refractivity contribution >= 4 is 33.1 Å². The van der Waals surface area contributed by atoms with Crippen molar-refractivity contribution in [3.63, 3.8) is 0 Å². The fourth-order valence-electron chi connectivity index (χ4n) is 2.08. The number of rotatable bonds is 3. The van der Waals surface area contributed by atoms with E-state index in [0.717, 1.165) is 15.7 Å². The lowest BCUT2D eigenvalue weighted by Crippen LogP contribution is -2.13. The van der Waals surface area contributed by atoms with E-state index in [1.165, 1.54) is 24.4 Å². The summed E-state index contributed by atoms with van der Waals surface area (Å²) >= 11 is 0. The van der Waals surface area contributed by atoms with Crippen LogP contribution in [0.4, 0.5) is 10.6 Å². The minimum absolute atomic E-state index is 0.0236. The Morgan fingerprint density at radius 1 is 1.22 bits per heavy atom. The number of hydrogen-bond donors (Lipinski definition) is 2. The minimum atomic E-state index is -3.80. The number of aryl methyl sites for hydroxylation is 1. The zero-order valence-electron chi connectivity index (χ0n) is 12.0. The molecule has 2 heterocycles. The van der Waals surface area contributed by atoms with Gasteiger partial charge in [0.05, 0.1) is 11.1 Å². The van der Waals surface area contributed by atoms with Gasteiger partial charge < -0.3 is 5.11 Å². The average molecular weight is 332 g/mol. The molecule has 2 aromatic heterocycles. The maximum absolute atomic E-state index is 12.7. The molecule has 118 valence electrons. The third kappa shape index (κ3) is 2.73. The lowest BCUT2D eigenvalue weighted by atomic mass is 10.2. The van der Waals surface area contributed by atoms with Crippen LogP contribution < -0.4 is 5.32 Å². The van der Waals surface area contributed by atoms with Gasteiger partial charge in [0, 0.05) is 6.20 Å². The SMILES string of the molecule is Cc1ccc(S(=O)(=O)n2ccc3nc(NC(=O)O)cnc32)cc1. The van der Waals surface area contributed by atoms with Crippen LogP contribution >= 0.6 is 0 Å². The molecule has 0 radical (unpaired) electrons. The molecule has 0 unspecified atom stereocenters. The fraction of sp³-hybridized carbons (Fsp3) is 0.0714. The molecule has 0 aliphatic carbocycles. The van der Waals surface area contributed by atoms with Gasteiger partial charge in [0.15, 0.2) is 11.5 Å². The van der Waals surface area contributed by atoms with Gasteiger partial charge in [-0.1, -0.05) is 17.7 Å². The molecule has 3 rings (SSSR count). The summed E-state index contributed by atoms with van der Waals surface area (Å²) in [5, 5.41) is 10.7. The molecule has 0 saturated carbocycles. The third-order valence-electron chi connectivity index (χ3n) is 3.17. The second-order valence-electron chi connectivity index (χ2n) is 4.82. The number of anilines is 1. The number of nitrogens with zero attached hydrogens (tertiary/aromatic N) is 3. The van der Waals surface area contributed by atoms with E-state index >= 15 is 0 Å². The number of aromatic nitrogens is 3. The van der Waals surface area contributed by atoms with Crippen LogP contribution in [0.1, 0.15) is 5.56 Å². The molecule has 2 N–H and O–H groups in total. The predicted octanol–water partition coefficient (Wildman–Crippen LogP) is 2.07. The van der Waals surface area contributed by atoms with E-state index < -0.39 is 16.1 Å². The summed E-state index contributed by atoms with van der Waals surface area (Å²) in [6, 6.07) is 7.91. The highest BCUT2D eigenvalue weighted by molar-refractivity contribution is 7.90. The van der Waals surface area contributed by atoms with Gasteiger partial charge in [-0.2, -0.15) is 0 Å². The van der Waals surface area contributed by atoms with Gasteiger partial charge >= 0.3 is 6.09 Å². The number of hydrogen-bond acceptors (Lipinski definition) is 5. The summed E-state index contributed by atoms with van der Waals surface area (Å²) in [5.41, 5.74) is 1.35. The quantitative estimate of drug-likeness (QED) is 0.759. The van der Waals surface area contributed by atoms with Crippen LogP contribution in [0, 0.1) is 6.92 Å². The van der Waals surface area contributed by atoms with Gasteiger partial charge in [-0.15, -0.1) is 0 Å². The van der Waals surface area contributed by atoms with E-state index in [0.29, 0.717) is 0 Å². The predicted molar refractivity (Wildman–Crippen MR) is 82.9 cm³/mol. The number of fused-ring (bicyclic) bond motifs is 1. The average Bonchev–Trinajstić information content (AvgIpc) is 2.91. The number of carbonyl (C=O) groups is 1. The molecule has 1 aromatic carbocycles. The zero-order chi connectivity index (χ0) is 16.6. The summed E-state index contributed by atoms with van der Waals surface area (Å²) in [4.78, 5) is 18.8. The molecule has 0 saturated heterocycles. The van der Waals surface area contributed by atoms with Gasteiger partial charge in [-0.05, 0) is 25.1 Å². The van der Waals surface area contributed by atoms with Crippen molar-refractivity contribution in [1.29, 1.82) is 0 Å². The normalized spacial score (nSPS) is 11.5. The first-order chi connectivity index (χ1) is 10.9. The summed E-state index contributed by atoms with van der Waals surface area (Å²) in [7, 11) is -3.80. The summed E-state index contributed by atoms with van der Waals surface area (Å²) in [5.74, 6) is 0.0236. The number of amides is 1. The molecule has 0 bridgehead atoms. The smallest absolute Gasteiger partial charge is 0.410 e. The number of carboxylic acid groups (broad SMARTS) is 1. The van der Waals surface area contributed by atoms with Crippen LogP contribution in [0.5, 0.6) is 0 Å². The van der Waals surface area contributed by atoms with E-state index in [-0.39, 0.29) is 21.9 Å². The molecule has 0 aliphatic rings. The van der Waals surface area contributed by atoms with Gasteiger partial charge in [-0.25, -0.2) is 27.2 Å². The van der Waals surface area contributed by atoms with E-state index in [1.54, 1.807) is 12.1 Å². The Bertz CT molecular complexity index is 993. The highest BCUT2D eigenvalue weighted by Crippen LogP contribution is 2.21.